The van der Waals surface area contributed by atoms with Crippen molar-refractivity contribution in [2.24, 2.45) is 0 Å². The molecule has 5 nitrogen and oxygen atoms in total. The smallest absolute Gasteiger partial charge is 0.178 e. The Bertz CT molecular complexity index is 805. The zero-order valence-electron chi connectivity index (χ0n) is 12.0. The van der Waals surface area contributed by atoms with Crippen molar-refractivity contribution in [3.8, 4) is 11.4 Å². The summed E-state index contributed by atoms with van der Waals surface area (Å²) in [5.74, 6) is 0.707. The van der Waals surface area contributed by atoms with Gasteiger partial charge in [0.1, 0.15) is 5.82 Å². The number of fused-ring (bicyclic) bond motifs is 1. The number of hydrogen-bond acceptors (Lipinski definition) is 6. The monoisotopic (exact) mass is 351 g/mol. The summed E-state index contributed by atoms with van der Waals surface area (Å²) in [6.07, 6.45) is 5.70. The average molecular weight is 352 g/mol. The Morgan fingerprint density at radius 3 is 2.64 bits per heavy atom. The van der Waals surface area contributed by atoms with Gasteiger partial charge in [0.15, 0.2) is 5.65 Å². The molecule has 3 N–H and O–H groups in total. The number of aromatic nitrogens is 3. The third kappa shape index (κ3) is 3.11. The van der Waals surface area contributed by atoms with Crippen LogP contribution in [0.4, 0.5) is 11.4 Å². The first-order valence-corrected chi connectivity index (χ1v) is 9.27. The molecule has 3 aromatic rings. The van der Waals surface area contributed by atoms with Crippen LogP contribution < -0.4 is 9.44 Å². The molecule has 0 fully saturated rings. The maximum atomic E-state index is 6.31. The van der Waals surface area contributed by atoms with Crippen LogP contribution in [0.3, 0.4) is 0 Å². The number of H-pyrrole nitrogens is 1. The summed E-state index contributed by atoms with van der Waals surface area (Å²) in [6.45, 7) is 0. The van der Waals surface area contributed by atoms with E-state index >= 15 is 0 Å². The molecule has 8 heteroatoms. The van der Waals surface area contributed by atoms with Crippen LogP contribution in [0.25, 0.3) is 22.6 Å². The van der Waals surface area contributed by atoms with E-state index in [1.807, 2.05) is 36.8 Å². The molecular formula is C14H14ClN5S2. The van der Waals surface area contributed by atoms with E-state index in [-0.39, 0.29) is 0 Å². The van der Waals surface area contributed by atoms with E-state index in [0.717, 1.165) is 22.5 Å². The molecule has 0 aliphatic heterocycles. The molecule has 0 bridgehead atoms. The Morgan fingerprint density at radius 2 is 1.86 bits per heavy atom. The highest BCUT2D eigenvalue weighted by atomic mass is 35.5. The third-order valence-corrected chi connectivity index (χ3v) is 4.21. The van der Waals surface area contributed by atoms with E-state index in [0.29, 0.717) is 16.5 Å². The van der Waals surface area contributed by atoms with Crippen molar-refractivity contribution in [2.75, 3.05) is 22.0 Å². The second kappa shape index (κ2) is 6.68. The van der Waals surface area contributed by atoms with Crippen LogP contribution in [0.1, 0.15) is 0 Å². The predicted molar refractivity (Wildman–Crippen MR) is 98.6 cm³/mol. The van der Waals surface area contributed by atoms with Gasteiger partial charge >= 0.3 is 0 Å². The van der Waals surface area contributed by atoms with Crippen molar-refractivity contribution in [3.05, 3.63) is 35.5 Å². The molecule has 114 valence electrons. The van der Waals surface area contributed by atoms with Gasteiger partial charge in [0, 0.05) is 23.8 Å². The topological polar surface area (TPSA) is 65.6 Å². The van der Waals surface area contributed by atoms with Gasteiger partial charge in [-0.2, -0.15) is 0 Å². The number of pyridine rings is 1. The first-order valence-electron chi connectivity index (χ1n) is 6.45. The van der Waals surface area contributed by atoms with Crippen LogP contribution in [0.15, 0.2) is 30.5 Å². The normalized spacial score (nSPS) is 10.9. The van der Waals surface area contributed by atoms with E-state index in [4.69, 9.17) is 11.6 Å². The van der Waals surface area contributed by atoms with Gasteiger partial charge in [-0.25, -0.2) is 9.97 Å². The van der Waals surface area contributed by atoms with Crippen LogP contribution in [0, 0.1) is 0 Å². The fourth-order valence-electron chi connectivity index (χ4n) is 2.09. The lowest BCUT2D eigenvalue weighted by Gasteiger charge is -2.06. The Labute approximate surface area is 141 Å². The molecule has 0 aliphatic carbocycles. The summed E-state index contributed by atoms with van der Waals surface area (Å²) in [5.41, 5.74) is 4.29. The molecule has 0 amide bonds. The first kappa shape index (κ1) is 15.3. The number of imidazole rings is 1. The van der Waals surface area contributed by atoms with E-state index < -0.39 is 0 Å². The van der Waals surface area contributed by atoms with Gasteiger partial charge in [0.25, 0.3) is 0 Å². The van der Waals surface area contributed by atoms with Crippen molar-refractivity contribution in [2.45, 2.75) is 0 Å². The largest absolute Gasteiger partial charge is 0.336 e. The molecule has 0 radical (unpaired) electrons. The number of halogens is 1. The third-order valence-electron chi connectivity index (χ3n) is 3.00. The SMILES string of the molecule is CSNc1ccc(Cl)c(-c2nc3ncc(NSC)cc3[nH]2)c1. The van der Waals surface area contributed by atoms with Crippen molar-refractivity contribution in [1.82, 2.24) is 15.0 Å². The van der Waals surface area contributed by atoms with E-state index in [9.17, 15) is 0 Å². The minimum atomic E-state index is 0.646. The molecule has 22 heavy (non-hydrogen) atoms. The maximum absolute atomic E-state index is 6.31. The molecule has 2 aromatic heterocycles. The Balaban J connectivity index is 2.04. The molecule has 0 unspecified atom stereocenters. The number of rotatable bonds is 5. The highest BCUT2D eigenvalue weighted by Gasteiger charge is 2.11. The fourth-order valence-corrected chi connectivity index (χ4v) is 3.01. The van der Waals surface area contributed by atoms with Crippen LogP contribution >= 0.6 is 35.5 Å². The summed E-state index contributed by atoms with van der Waals surface area (Å²) >= 11 is 9.36. The van der Waals surface area contributed by atoms with Crippen LogP contribution in [0.2, 0.25) is 5.02 Å². The predicted octanol–water partition coefficient (Wildman–Crippen LogP) is 4.66. The molecule has 0 saturated heterocycles. The first-order chi connectivity index (χ1) is 10.7. The molecule has 0 saturated carbocycles. The fraction of sp³-hybridized carbons (Fsp3) is 0.143. The molecule has 0 atom stereocenters. The summed E-state index contributed by atoms with van der Waals surface area (Å²) in [7, 11) is 0. The highest BCUT2D eigenvalue weighted by molar-refractivity contribution is 8.00. The number of nitrogens with zero attached hydrogens (tertiary/aromatic N) is 2. The Morgan fingerprint density at radius 1 is 1.09 bits per heavy atom. The van der Waals surface area contributed by atoms with Gasteiger partial charge in [-0.3, -0.25) is 0 Å². The molecule has 1 aromatic carbocycles. The molecule has 0 aliphatic rings. The summed E-state index contributed by atoms with van der Waals surface area (Å²) in [4.78, 5) is 12.2. The second-order valence-corrected chi connectivity index (χ2v) is 6.12. The summed E-state index contributed by atoms with van der Waals surface area (Å²) in [6, 6.07) is 7.74. The number of nitrogens with one attached hydrogen (secondary N) is 3. The number of hydrogen-bond donors (Lipinski definition) is 3. The zero-order valence-corrected chi connectivity index (χ0v) is 14.4. The molecule has 0 spiro atoms. The van der Waals surface area contributed by atoms with Crippen molar-refractivity contribution in [3.63, 3.8) is 0 Å². The van der Waals surface area contributed by atoms with E-state index in [1.54, 1.807) is 6.20 Å². The van der Waals surface area contributed by atoms with Crippen LogP contribution in [0.5, 0.6) is 0 Å². The molecule has 3 rings (SSSR count). The van der Waals surface area contributed by atoms with Gasteiger partial charge in [-0.05, 0) is 24.3 Å². The standard InChI is InChI=1S/C14H14ClN5S2/c1-21-19-8-3-4-11(15)10(5-8)13-17-12-6-9(20-22-2)7-16-14(12)18-13/h3-7,19-20H,1-2H3,(H,16,17,18). The van der Waals surface area contributed by atoms with Gasteiger partial charge in [0.05, 0.1) is 22.4 Å². The second-order valence-electron chi connectivity index (χ2n) is 4.49. The summed E-state index contributed by atoms with van der Waals surface area (Å²) in [5, 5.41) is 0.646. The molecular weight excluding hydrogens is 338 g/mol. The van der Waals surface area contributed by atoms with E-state index in [2.05, 4.69) is 24.4 Å². The molecule has 2 heterocycles. The lowest BCUT2D eigenvalue weighted by Crippen LogP contribution is -1.88. The van der Waals surface area contributed by atoms with Crippen LogP contribution in [-0.2, 0) is 0 Å². The number of benzene rings is 1. The maximum Gasteiger partial charge on any atom is 0.178 e. The Hall–Kier alpha value is -1.57. The van der Waals surface area contributed by atoms with Crippen molar-refractivity contribution >= 4 is 58.0 Å². The summed E-state index contributed by atoms with van der Waals surface area (Å²) < 4.78 is 6.35. The number of aromatic amines is 1. The van der Waals surface area contributed by atoms with Crippen LogP contribution in [-0.4, -0.2) is 27.5 Å². The lowest BCUT2D eigenvalue weighted by molar-refractivity contribution is 1.30. The van der Waals surface area contributed by atoms with Gasteiger partial charge < -0.3 is 14.4 Å². The van der Waals surface area contributed by atoms with E-state index in [1.165, 1.54) is 23.9 Å². The van der Waals surface area contributed by atoms with Crippen molar-refractivity contribution < 1.29 is 0 Å². The highest BCUT2D eigenvalue weighted by Crippen LogP contribution is 2.31. The minimum absolute atomic E-state index is 0.646. The quantitative estimate of drug-likeness (QED) is 0.581. The van der Waals surface area contributed by atoms with Gasteiger partial charge in [-0.1, -0.05) is 35.5 Å². The average Bonchev–Trinajstić information content (AvgIpc) is 2.93. The minimum Gasteiger partial charge on any atom is -0.336 e. The van der Waals surface area contributed by atoms with Gasteiger partial charge in [0.2, 0.25) is 0 Å². The number of anilines is 2. The Kier molecular flexibility index (Phi) is 4.66. The zero-order chi connectivity index (χ0) is 15.5. The van der Waals surface area contributed by atoms with Gasteiger partial charge in [-0.15, -0.1) is 0 Å². The van der Waals surface area contributed by atoms with Crippen molar-refractivity contribution in [1.29, 1.82) is 0 Å². The lowest BCUT2D eigenvalue weighted by atomic mass is 10.2.